The zero-order chi connectivity index (χ0) is 95.4. The summed E-state index contributed by atoms with van der Waals surface area (Å²) in [6, 6.07) is 134. The average Bonchev–Trinajstić information content (AvgIpc) is 1.59. The molecule has 12 aromatic carbocycles. The average molecular weight is 2260 g/mol. The molecule has 0 saturated heterocycles. The Morgan fingerprint density at radius 2 is 0.640 bits per heavy atom. The van der Waals surface area contributed by atoms with E-state index in [-0.39, 0.29) is 49.5 Å². The van der Waals surface area contributed by atoms with Crippen LogP contribution in [0.5, 0.6) is 23.0 Å². The first-order valence-electron chi connectivity index (χ1n) is 43.9. The van der Waals surface area contributed by atoms with Crippen LogP contribution in [0.15, 0.2) is 450 Å². The van der Waals surface area contributed by atoms with Crippen LogP contribution in [0.1, 0.15) is 22.3 Å². The summed E-state index contributed by atoms with van der Waals surface area (Å²) < 4.78 is 7.66. The summed E-state index contributed by atoms with van der Waals surface area (Å²) in [4.78, 5) is 35.5. The van der Waals surface area contributed by atoms with Crippen molar-refractivity contribution in [2.24, 2.45) is 0 Å². The van der Waals surface area contributed by atoms with Crippen LogP contribution in [0.2, 0.25) is 0 Å². The third kappa shape index (κ3) is 23.6. The van der Waals surface area contributed by atoms with Gasteiger partial charge < -0.3 is 50.1 Å². The van der Waals surface area contributed by atoms with Gasteiger partial charge in [-0.05, 0) is 301 Å². The summed E-state index contributed by atoms with van der Waals surface area (Å²) in [5.41, 5.74) is 25.8. The number of fused-ring (bicyclic) bond motifs is 12. The van der Waals surface area contributed by atoms with Crippen molar-refractivity contribution >= 4 is 132 Å². The quantitative estimate of drug-likeness (QED) is 0.0359. The first-order valence-corrected chi connectivity index (χ1v) is 47.0. The summed E-state index contributed by atoms with van der Waals surface area (Å²) in [5, 5.41) is 79.3. The Morgan fingerprint density at radius 3 is 1.12 bits per heavy atom. The van der Waals surface area contributed by atoms with Gasteiger partial charge in [0, 0.05) is 95.4 Å². The molecule has 8 N–H and O–H groups in total. The number of nitrogens with zero attached hydrogens (tertiary/aromatic N) is 10. The second-order valence-electron chi connectivity index (χ2n) is 31.6. The fraction of sp³-hybridized carbons (Fsp3) is 0.0175. The monoisotopic (exact) mass is 2250 g/mol. The largest absolute Gasteiger partial charge is 0.508 e. The van der Waals surface area contributed by atoms with Crippen LogP contribution in [-0.4, -0.2) is 104 Å². The first kappa shape index (κ1) is 97.3. The SMILES string of the molecule is Brc1cccc(Br)n1.Brc1ccccn1.OB(O)c1ccc2c(c1)Cc1ccccc1-2.OB(O)c1ccccc1O.Oc1ccccc1-c1cccc(-n2c3[c-]c(-c4ccccn4)ccc3c3ccccc32)n1.Oc1ccccc1-c1cccc(-n2c3ccccc3c3ccc(-c4ccccn4)cc32)n1.Oc1ccccc1-c1cccc(Br)n1.[Pt].c1ccc(-c2ccc3c(c2)Cc2ccccc2-3)nc1. The molecule has 0 spiro atoms. The van der Waals surface area contributed by atoms with Crippen LogP contribution in [0.3, 0.4) is 0 Å². The Kier molecular flexibility index (Phi) is 32.5. The molecule has 24 rings (SSSR count). The van der Waals surface area contributed by atoms with Crippen LogP contribution in [0.25, 0.3) is 145 Å². The number of halogens is 4. The van der Waals surface area contributed by atoms with E-state index >= 15 is 0 Å². The van der Waals surface area contributed by atoms with Crippen LogP contribution in [-0.2, 0) is 33.9 Å². The van der Waals surface area contributed by atoms with Crippen molar-refractivity contribution in [2.45, 2.75) is 12.8 Å². The van der Waals surface area contributed by atoms with Crippen molar-refractivity contribution in [3.63, 3.8) is 0 Å². The van der Waals surface area contributed by atoms with E-state index in [1.165, 1.54) is 67.6 Å². The molecule has 682 valence electrons. The molecule has 0 atom stereocenters. The summed E-state index contributed by atoms with van der Waals surface area (Å²) >= 11 is 12.9. The van der Waals surface area contributed by atoms with Crippen molar-refractivity contribution in [1.82, 2.24) is 49.0 Å². The third-order valence-corrected chi connectivity index (χ3v) is 24.5. The van der Waals surface area contributed by atoms with Gasteiger partial charge in [-0.3, -0.25) is 14.5 Å². The van der Waals surface area contributed by atoms with E-state index in [9.17, 15) is 15.3 Å². The fourth-order valence-corrected chi connectivity index (χ4v) is 17.9. The summed E-state index contributed by atoms with van der Waals surface area (Å²) in [6.07, 6.45) is 9.10. The molecule has 0 fully saturated rings. The van der Waals surface area contributed by atoms with Crippen LogP contribution in [0, 0.1) is 6.07 Å². The molecular weight excluding hydrogens is 2170 g/mol. The zero-order valence-corrected chi connectivity index (χ0v) is 82.6. The van der Waals surface area contributed by atoms with E-state index in [2.05, 4.69) is 230 Å². The first-order chi connectivity index (χ1) is 67.4. The van der Waals surface area contributed by atoms with Gasteiger partial charge in [0.1, 0.15) is 53.0 Å². The fourth-order valence-electron chi connectivity index (χ4n) is 16.3. The minimum Gasteiger partial charge on any atom is -0.508 e. The molecular formula is C114H83B2Br4N10O8Pt-. The standard InChI is InChI=1S/C28H19N3O.C28H18N3O.C18H13N.C13H11BO2.C11H8BrNO.C6H7BO3.C5H3Br2N.C5H4BrN.Pt/c2*32-27-13-4-2-9-22(27)24-11-7-14-28(30-24)31-25-12-3-1-8-20(25)21-16-15-19(18-26(21)31)23-10-5-6-17-29-23;1-2-6-16-13(5-1)11-15-12-14(8-9-17(15)16)18-7-3-4-10-19-18;15-14(16)11-5-6-13-10(8-11)7-9-3-1-2-4-12(9)13;12-11-7-3-5-9(13-11)8-4-1-2-6-10(8)14;8-6-4-2-1-3-5(6)7(9)10;6-4-2-1-3-5(7)8-4;6-5-3-1-2-4-7-5;/h1-18,32H;1-17,32H;1-10,12H,11H2;1-6,8,15-16H,7H2;1-7,14H;1-4,8-10H;1-3H;1-4H;/q;-1;;;;;;;. The number of pyridine rings is 8. The van der Waals surface area contributed by atoms with E-state index in [1.54, 1.807) is 54.9 Å². The maximum atomic E-state index is 10.3. The number of aromatic nitrogens is 10. The Bertz CT molecular complexity index is 7760. The van der Waals surface area contributed by atoms with Gasteiger partial charge in [-0.2, -0.15) is 0 Å². The van der Waals surface area contributed by atoms with E-state index in [4.69, 9.17) is 35.2 Å². The summed E-state index contributed by atoms with van der Waals surface area (Å²) in [7, 11) is -2.98. The Balaban J connectivity index is 0.000000121. The molecule has 0 bridgehead atoms. The minimum absolute atomic E-state index is 0. The third-order valence-electron chi connectivity index (χ3n) is 22.7. The number of rotatable bonds is 10. The molecule has 2 aliphatic carbocycles. The van der Waals surface area contributed by atoms with Gasteiger partial charge in [0.2, 0.25) is 0 Å². The van der Waals surface area contributed by atoms with E-state index in [0.29, 0.717) is 22.3 Å². The normalized spacial score (nSPS) is 10.9. The maximum Gasteiger partial charge on any atom is 0.492 e. The minimum atomic E-state index is -1.60. The van der Waals surface area contributed by atoms with Gasteiger partial charge >= 0.3 is 14.2 Å². The van der Waals surface area contributed by atoms with Gasteiger partial charge in [0.25, 0.3) is 0 Å². The van der Waals surface area contributed by atoms with Crippen molar-refractivity contribution in [3.8, 4) is 124 Å². The van der Waals surface area contributed by atoms with Gasteiger partial charge in [-0.15, -0.1) is 23.8 Å². The van der Waals surface area contributed by atoms with Crippen molar-refractivity contribution in [2.75, 3.05) is 0 Å². The Morgan fingerprint density at radius 1 is 0.259 bits per heavy atom. The predicted molar refractivity (Wildman–Crippen MR) is 568 cm³/mol. The summed E-state index contributed by atoms with van der Waals surface area (Å²) in [6.45, 7) is 0. The number of para-hydroxylation sites is 6. The summed E-state index contributed by atoms with van der Waals surface area (Å²) in [5.74, 6) is 2.15. The molecule has 0 radical (unpaired) electrons. The molecule has 139 heavy (non-hydrogen) atoms. The molecule has 25 heteroatoms. The molecule has 0 amide bonds. The Hall–Kier alpha value is -14.8. The van der Waals surface area contributed by atoms with Crippen LogP contribution >= 0.6 is 63.7 Å². The van der Waals surface area contributed by atoms with Gasteiger partial charge in [0.15, 0.2) is 0 Å². The van der Waals surface area contributed by atoms with E-state index in [1.807, 2.05) is 243 Å². The second kappa shape index (κ2) is 46.4. The molecule has 2 aliphatic rings. The van der Waals surface area contributed by atoms with Crippen LogP contribution < -0.4 is 10.9 Å². The molecule has 0 aliphatic heterocycles. The smallest absolute Gasteiger partial charge is 0.492 e. The van der Waals surface area contributed by atoms with Gasteiger partial charge in [-0.25, -0.2) is 24.9 Å². The molecule has 10 heterocycles. The molecule has 22 aromatic rings. The molecule has 0 unspecified atom stereocenters. The van der Waals surface area contributed by atoms with Crippen molar-refractivity contribution in [1.29, 1.82) is 0 Å². The van der Waals surface area contributed by atoms with Crippen LogP contribution in [0.4, 0.5) is 0 Å². The topological polar surface area (TPSA) is 275 Å². The molecule has 18 nitrogen and oxygen atoms in total. The zero-order valence-electron chi connectivity index (χ0n) is 73.9. The Labute approximate surface area is 850 Å². The van der Waals surface area contributed by atoms with E-state index in [0.717, 1.165) is 126 Å². The number of phenolic OH excluding ortho intramolecular Hbond substituents is 4. The van der Waals surface area contributed by atoms with Gasteiger partial charge in [0.05, 0.1) is 39.5 Å². The number of hydrogen-bond donors (Lipinski definition) is 8. The maximum absolute atomic E-state index is 10.3. The van der Waals surface area contributed by atoms with Crippen molar-refractivity contribution < 1.29 is 61.6 Å². The number of hydrogen-bond acceptors (Lipinski definition) is 16. The number of benzene rings is 12. The second-order valence-corrected chi connectivity index (χ2v) is 34.8. The number of aromatic hydroxyl groups is 4. The number of phenols is 4. The van der Waals surface area contributed by atoms with Gasteiger partial charge in [-0.1, -0.05) is 242 Å². The predicted octanol–water partition coefficient (Wildman–Crippen LogP) is 25.0. The molecule has 0 saturated carbocycles. The van der Waals surface area contributed by atoms with Crippen molar-refractivity contribution in [3.05, 3.63) is 478 Å². The van der Waals surface area contributed by atoms with E-state index < -0.39 is 14.2 Å². The molecule has 10 aromatic heterocycles.